The van der Waals surface area contributed by atoms with E-state index in [1.165, 1.54) is 11.1 Å². The molecular formula is C31H31ClN2O2S. The second kappa shape index (κ2) is 12.7. The average molecular weight is 531 g/mol. The maximum absolute atomic E-state index is 10.1. The van der Waals surface area contributed by atoms with Gasteiger partial charge in [-0.25, -0.2) is 4.99 Å². The topological polar surface area (TPSA) is 45.1 Å². The number of aryl methyl sites for hydroxylation is 2. The van der Waals surface area contributed by atoms with Crippen LogP contribution in [-0.4, -0.2) is 28.8 Å². The molecule has 4 aromatic rings. The molecule has 4 nitrogen and oxygen atoms in total. The molecule has 0 radical (unpaired) electrons. The highest BCUT2D eigenvalue weighted by atomic mass is 35.5. The first-order valence-electron chi connectivity index (χ1n) is 12.1. The van der Waals surface area contributed by atoms with E-state index in [2.05, 4.69) is 55.1 Å². The molecule has 0 heterocycles. The largest absolute Gasteiger partial charge is 0.508 e. The quantitative estimate of drug-likeness (QED) is 0.142. The summed E-state index contributed by atoms with van der Waals surface area (Å²) in [6, 6.07) is 29.8. The first-order valence-corrected chi connectivity index (χ1v) is 13.3. The van der Waals surface area contributed by atoms with Gasteiger partial charge in [0, 0.05) is 23.0 Å². The zero-order valence-electron chi connectivity index (χ0n) is 21.3. The zero-order valence-corrected chi connectivity index (χ0v) is 22.9. The molecule has 4 aromatic carbocycles. The van der Waals surface area contributed by atoms with Crippen LogP contribution < -0.4 is 4.74 Å². The van der Waals surface area contributed by atoms with Gasteiger partial charge in [-0.05, 0) is 85.5 Å². The number of rotatable bonds is 8. The summed E-state index contributed by atoms with van der Waals surface area (Å²) in [5.41, 5.74) is 5.28. The summed E-state index contributed by atoms with van der Waals surface area (Å²) >= 11 is 7.74. The summed E-state index contributed by atoms with van der Waals surface area (Å²) in [7, 11) is 1.67. The lowest BCUT2D eigenvalue weighted by Crippen LogP contribution is -2.30. The third-order valence-corrected chi connectivity index (χ3v) is 7.16. The van der Waals surface area contributed by atoms with Gasteiger partial charge in [-0.15, -0.1) is 0 Å². The van der Waals surface area contributed by atoms with Gasteiger partial charge in [0.25, 0.3) is 0 Å². The van der Waals surface area contributed by atoms with Gasteiger partial charge in [-0.2, -0.15) is 0 Å². The van der Waals surface area contributed by atoms with Crippen molar-refractivity contribution in [3.63, 3.8) is 0 Å². The minimum atomic E-state index is 0.250. The molecule has 0 spiro atoms. The lowest BCUT2D eigenvalue weighted by atomic mass is 10.1. The average Bonchev–Trinajstić information content (AvgIpc) is 2.87. The van der Waals surface area contributed by atoms with Gasteiger partial charge in [-0.3, -0.25) is 0 Å². The maximum atomic E-state index is 10.1. The molecule has 1 N–H and O–H groups in total. The minimum absolute atomic E-state index is 0.250. The number of hydrogen-bond acceptors (Lipinski definition) is 4. The number of methoxy groups -OCH3 is 1. The van der Waals surface area contributed by atoms with Gasteiger partial charge in [0.1, 0.15) is 17.2 Å². The van der Waals surface area contributed by atoms with Gasteiger partial charge in [0.15, 0.2) is 5.17 Å². The molecule has 6 heteroatoms. The smallest absolute Gasteiger partial charge is 0.169 e. The number of amidine groups is 1. The highest BCUT2D eigenvalue weighted by Gasteiger charge is 2.17. The van der Waals surface area contributed by atoms with Crippen LogP contribution in [0.1, 0.15) is 22.3 Å². The zero-order chi connectivity index (χ0) is 26.2. The molecule has 37 heavy (non-hydrogen) atoms. The first kappa shape index (κ1) is 26.6. The number of aliphatic imine (C=N–C) groups is 1. The van der Waals surface area contributed by atoms with Crippen LogP contribution in [0.15, 0.2) is 101 Å². The van der Waals surface area contributed by atoms with Crippen molar-refractivity contribution in [1.82, 2.24) is 4.90 Å². The van der Waals surface area contributed by atoms with Crippen LogP contribution in [0.3, 0.4) is 0 Å². The van der Waals surface area contributed by atoms with E-state index in [0.717, 1.165) is 50.6 Å². The number of halogens is 1. The van der Waals surface area contributed by atoms with E-state index in [1.807, 2.05) is 42.5 Å². The Bertz CT molecular complexity index is 1370. The second-order valence-electron chi connectivity index (χ2n) is 8.96. The third kappa shape index (κ3) is 7.78. The maximum Gasteiger partial charge on any atom is 0.169 e. The molecule has 0 bridgehead atoms. The van der Waals surface area contributed by atoms with Crippen molar-refractivity contribution in [3.8, 4) is 11.5 Å². The SMILES string of the molecule is COc1ccc(C)cc1N=C(Sc1cccc(C)c1)N(CCc1ccc(Cl)cc1)Cc1cccc(O)c1. The van der Waals surface area contributed by atoms with Crippen molar-refractivity contribution in [2.24, 2.45) is 4.99 Å². The van der Waals surface area contributed by atoms with E-state index in [9.17, 15) is 5.11 Å². The van der Waals surface area contributed by atoms with Crippen molar-refractivity contribution in [3.05, 3.63) is 118 Å². The number of phenols is 1. The van der Waals surface area contributed by atoms with Crippen molar-refractivity contribution in [2.45, 2.75) is 31.7 Å². The molecule has 0 amide bonds. The van der Waals surface area contributed by atoms with Gasteiger partial charge >= 0.3 is 0 Å². The molecule has 0 aliphatic heterocycles. The van der Waals surface area contributed by atoms with Crippen LogP contribution in [0.5, 0.6) is 11.5 Å². The van der Waals surface area contributed by atoms with Crippen molar-refractivity contribution in [2.75, 3.05) is 13.7 Å². The molecule has 0 saturated heterocycles. The second-order valence-corrected chi connectivity index (χ2v) is 10.4. The molecule has 4 rings (SSSR count). The fourth-order valence-electron chi connectivity index (χ4n) is 3.97. The van der Waals surface area contributed by atoms with Crippen molar-refractivity contribution < 1.29 is 9.84 Å². The van der Waals surface area contributed by atoms with Crippen LogP contribution >= 0.6 is 23.4 Å². The van der Waals surface area contributed by atoms with Crippen LogP contribution in [0, 0.1) is 13.8 Å². The summed E-state index contributed by atoms with van der Waals surface area (Å²) in [6.45, 7) is 5.46. The monoisotopic (exact) mass is 530 g/mol. The number of ether oxygens (including phenoxy) is 1. The van der Waals surface area contributed by atoms with Crippen LogP contribution in [-0.2, 0) is 13.0 Å². The van der Waals surface area contributed by atoms with Crippen molar-refractivity contribution in [1.29, 1.82) is 0 Å². The molecule has 0 saturated carbocycles. The molecule has 190 valence electrons. The number of hydrogen-bond donors (Lipinski definition) is 1. The Hall–Kier alpha value is -3.41. The van der Waals surface area contributed by atoms with Crippen LogP contribution in [0.25, 0.3) is 0 Å². The summed E-state index contributed by atoms with van der Waals surface area (Å²) < 4.78 is 5.64. The highest BCUT2D eigenvalue weighted by molar-refractivity contribution is 8.13. The Morgan fingerprint density at radius 3 is 2.38 bits per heavy atom. The molecule has 0 aromatic heterocycles. The molecule has 0 unspecified atom stereocenters. The summed E-state index contributed by atoms with van der Waals surface area (Å²) in [5.74, 6) is 0.975. The molecule has 0 aliphatic carbocycles. The highest BCUT2D eigenvalue weighted by Crippen LogP contribution is 2.33. The number of thioether (sulfide) groups is 1. The Kier molecular flexibility index (Phi) is 9.15. The first-order chi connectivity index (χ1) is 17.9. The van der Waals surface area contributed by atoms with E-state index in [1.54, 1.807) is 31.0 Å². The number of aromatic hydroxyl groups is 1. The summed E-state index contributed by atoms with van der Waals surface area (Å²) in [4.78, 5) is 8.53. The Balaban J connectivity index is 1.76. The minimum Gasteiger partial charge on any atom is -0.508 e. The Morgan fingerprint density at radius 2 is 1.65 bits per heavy atom. The lowest BCUT2D eigenvalue weighted by molar-refractivity contribution is 0.413. The fourth-order valence-corrected chi connectivity index (χ4v) is 5.12. The molecule has 0 aliphatic rings. The van der Waals surface area contributed by atoms with E-state index in [4.69, 9.17) is 21.3 Å². The third-order valence-electron chi connectivity index (χ3n) is 5.89. The van der Waals surface area contributed by atoms with Gasteiger partial charge in [0.05, 0.1) is 7.11 Å². The standard InChI is InChI=1S/C31H31ClN2O2S/c1-22-6-4-9-28(18-22)37-31(33-29-19-23(2)10-15-30(29)36-3)34(21-25-7-5-8-27(35)20-25)17-16-24-11-13-26(32)14-12-24/h4-15,18-20,35H,16-17,21H2,1-3H3. The van der Waals surface area contributed by atoms with Gasteiger partial charge in [0.2, 0.25) is 0 Å². The van der Waals surface area contributed by atoms with E-state index in [0.29, 0.717) is 6.54 Å². The fraction of sp³-hybridized carbons (Fsp3) is 0.194. The normalized spacial score (nSPS) is 11.4. The van der Waals surface area contributed by atoms with Crippen LogP contribution in [0.4, 0.5) is 5.69 Å². The Morgan fingerprint density at radius 1 is 0.892 bits per heavy atom. The Labute approximate surface area is 228 Å². The molecule has 0 fully saturated rings. The summed E-state index contributed by atoms with van der Waals surface area (Å²) in [5, 5.41) is 11.7. The van der Waals surface area contributed by atoms with Gasteiger partial charge in [-0.1, -0.05) is 71.4 Å². The van der Waals surface area contributed by atoms with Gasteiger partial charge < -0.3 is 14.7 Å². The van der Waals surface area contributed by atoms with E-state index in [-0.39, 0.29) is 5.75 Å². The lowest BCUT2D eigenvalue weighted by Gasteiger charge is -2.26. The van der Waals surface area contributed by atoms with E-state index >= 15 is 0 Å². The van der Waals surface area contributed by atoms with E-state index < -0.39 is 0 Å². The number of nitrogens with zero attached hydrogens (tertiary/aromatic N) is 2. The van der Waals surface area contributed by atoms with Crippen LogP contribution in [0.2, 0.25) is 5.02 Å². The number of benzene rings is 4. The predicted octanol–water partition coefficient (Wildman–Crippen LogP) is 8.20. The predicted molar refractivity (Wildman–Crippen MR) is 156 cm³/mol. The molecule has 0 atom stereocenters. The number of phenolic OH excluding ortho intramolecular Hbond substituents is 1. The van der Waals surface area contributed by atoms with Crippen molar-refractivity contribution >= 4 is 34.2 Å². The summed E-state index contributed by atoms with van der Waals surface area (Å²) in [6.07, 6.45) is 0.814. The molecular weight excluding hydrogens is 500 g/mol.